The number of alkyl halides is 3. The molecule has 0 aromatic rings. The molecule has 0 radical (unpaired) electrons. The van der Waals surface area contributed by atoms with Crippen LogP contribution in [0, 0.1) is 0 Å². The minimum absolute atomic E-state index is 0. The molecule has 2 aliphatic rings. The summed E-state index contributed by atoms with van der Waals surface area (Å²) in [5, 5.41) is 48.1. The van der Waals surface area contributed by atoms with Gasteiger partial charge in [0.1, 0.15) is 36.6 Å². The summed E-state index contributed by atoms with van der Waals surface area (Å²) >= 11 is 17.3. The summed E-state index contributed by atoms with van der Waals surface area (Å²) in [5.41, 5.74) is 0. The molecule has 2 fully saturated rings. The Bertz CT molecular complexity index is 408. The molecule has 9 atom stereocenters. The van der Waals surface area contributed by atoms with Gasteiger partial charge in [-0.2, -0.15) is 0 Å². The molecule has 0 bridgehead atoms. The van der Waals surface area contributed by atoms with Gasteiger partial charge >= 0.3 is 29.6 Å². The molecule has 0 aromatic heterocycles. The van der Waals surface area contributed by atoms with Crippen molar-refractivity contribution in [2.75, 3.05) is 18.4 Å². The SMILES string of the molecule is OC[C@H]1O[C@H](O[C@]2(CCl)O[C@H](CCl)[C@@H](O)[C@@H]2O)[C@H](O)[C@@H](O)[C@H]1Cl.[NaH]. The Balaban J connectivity index is 0.00000288. The van der Waals surface area contributed by atoms with E-state index in [2.05, 4.69) is 0 Å². The van der Waals surface area contributed by atoms with Gasteiger partial charge in [-0.05, 0) is 0 Å². The van der Waals surface area contributed by atoms with Gasteiger partial charge in [-0.3, -0.25) is 0 Å². The van der Waals surface area contributed by atoms with Gasteiger partial charge in [0.05, 0.1) is 23.7 Å². The first kappa shape index (κ1) is 23.6. The molecule has 8 nitrogen and oxygen atoms in total. The predicted molar refractivity (Wildman–Crippen MR) is 86.7 cm³/mol. The molecule has 12 heteroatoms. The second kappa shape index (κ2) is 9.66. The van der Waals surface area contributed by atoms with E-state index < -0.39 is 66.6 Å². The van der Waals surface area contributed by atoms with Crippen molar-refractivity contribution in [3.63, 3.8) is 0 Å². The molecular formula is C12H20Cl3NaO8. The van der Waals surface area contributed by atoms with E-state index in [0.717, 1.165) is 0 Å². The Morgan fingerprint density at radius 2 is 1.62 bits per heavy atom. The third-order valence-corrected chi connectivity index (χ3v) is 5.17. The van der Waals surface area contributed by atoms with E-state index >= 15 is 0 Å². The summed E-state index contributed by atoms with van der Waals surface area (Å²) < 4.78 is 16.1. The maximum atomic E-state index is 10.1. The number of halogens is 3. The van der Waals surface area contributed by atoms with Crippen molar-refractivity contribution in [1.82, 2.24) is 0 Å². The van der Waals surface area contributed by atoms with Crippen LogP contribution in [0.4, 0.5) is 0 Å². The van der Waals surface area contributed by atoms with Crippen LogP contribution in [0.3, 0.4) is 0 Å². The van der Waals surface area contributed by atoms with Crippen LogP contribution in [0.5, 0.6) is 0 Å². The van der Waals surface area contributed by atoms with Crippen LogP contribution in [0.25, 0.3) is 0 Å². The van der Waals surface area contributed by atoms with Gasteiger partial charge in [-0.15, -0.1) is 34.8 Å². The molecule has 0 aliphatic carbocycles. The number of aliphatic hydroxyl groups is 5. The molecule has 5 N–H and O–H groups in total. The second-order valence-electron chi connectivity index (χ2n) is 5.46. The number of hydrogen-bond donors (Lipinski definition) is 5. The average Bonchev–Trinajstić information content (AvgIpc) is 2.80. The van der Waals surface area contributed by atoms with E-state index in [0.29, 0.717) is 0 Å². The summed E-state index contributed by atoms with van der Waals surface area (Å²) in [6, 6.07) is 0. The van der Waals surface area contributed by atoms with Crippen molar-refractivity contribution in [1.29, 1.82) is 0 Å². The summed E-state index contributed by atoms with van der Waals surface area (Å²) in [4.78, 5) is 0. The van der Waals surface area contributed by atoms with Crippen molar-refractivity contribution in [3.8, 4) is 0 Å². The van der Waals surface area contributed by atoms with E-state index in [-0.39, 0.29) is 35.4 Å². The zero-order chi connectivity index (χ0) is 17.4. The molecule has 2 aliphatic heterocycles. The zero-order valence-electron chi connectivity index (χ0n) is 11.8. The molecular weight excluding hydrogens is 401 g/mol. The Hall–Kier alpha value is 1.55. The van der Waals surface area contributed by atoms with E-state index in [1.54, 1.807) is 0 Å². The molecule has 2 rings (SSSR count). The topological polar surface area (TPSA) is 129 Å². The molecule has 2 saturated heterocycles. The Morgan fingerprint density at radius 3 is 2.08 bits per heavy atom. The third-order valence-electron chi connectivity index (χ3n) is 3.96. The fourth-order valence-corrected chi connectivity index (χ4v) is 3.37. The summed E-state index contributed by atoms with van der Waals surface area (Å²) in [6.07, 6.45) is -9.39. The van der Waals surface area contributed by atoms with E-state index in [1.807, 2.05) is 0 Å². The van der Waals surface area contributed by atoms with E-state index in [4.69, 9.17) is 49.0 Å². The predicted octanol–water partition coefficient (Wildman–Crippen LogP) is -2.30. The van der Waals surface area contributed by atoms with Crippen molar-refractivity contribution in [2.24, 2.45) is 0 Å². The van der Waals surface area contributed by atoms with Gasteiger partial charge in [-0.1, -0.05) is 0 Å². The van der Waals surface area contributed by atoms with E-state index in [9.17, 15) is 25.5 Å². The van der Waals surface area contributed by atoms with Crippen molar-refractivity contribution >= 4 is 64.4 Å². The van der Waals surface area contributed by atoms with Crippen LogP contribution in [0.15, 0.2) is 0 Å². The van der Waals surface area contributed by atoms with Crippen LogP contribution in [-0.4, -0.2) is 128 Å². The molecule has 138 valence electrons. The van der Waals surface area contributed by atoms with Crippen molar-refractivity contribution in [3.05, 3.63) is 0 Å². The molecule has 0 saturated carbocycles. The number of rotatable bonds is 5. The molecule has 0 amide bonds. The quantitative estimate of drug-likeness (QED) is 0.248. The molecule has 0 spiro atoms. The number of hydrogen-bond acceptors (Lipinski definition) is 8. The van der Waals surface area contributed by atoms with Gasteiger partial charge in [0.2, 0.25) is 5.79 Å². The fraction of sp³-hybridized carbons (Fsp3) is 1.00. The van der Waals surface area contributed by atoms with Gasteiger partial charge < -0.3 is 39.7 Å². The first-order valence-electron chi connectivity index (χ1n) is 6.91. The zero-order valence-corrected chi connectivity index (χ0v) is 14.1. The summed E-state index contributed by atoms with van der Waals surface area (Å²) in [7, 11) is 0. The molecule has 24 heavy (non-hydrogen) atoms. The van der Waals surface area contributed by atoms with Crippen molar-refractivity contribution < 1.29 is 39.7 Å². The van der Waals surface area contributed by atoms with Crippen LogP contribution < -0.4 is 0 Å². The second-order valence-corrected chi connectivity index (χ2v) is 6.54. The van der Waals surface area contributed by atoms with Crippen LogP contribution in [-0.2, 0) is 14.2 Å². The minimum atomic E-state index is -1.90. The van der Waals surface area contributed by atoms with E-state index in [1.165, 1.54) is 0 Å². The fourth-order valence-electron chi connectivity index (χ4n) is 2.56. The first-order valence-corrected chi connectivity index (χ1v) is 8.42. The van der Waals surface area contributed by atoms with Crippen molar-refractivity contribution in [2.45, 2.75) is 54.1 Å². The van der Waals surface area contributed by atoms with Gasteiger partial charge in [0, 0.05) is 0 Å². The number of ether oxygens (including phenoxy) is 3. The number of aliphatic hydroxyl groups excluding tert-OH is 5. The normalized spacial score (nSPS) is 49.0. The molecule has 0 unspecified atom stereocenters. The first-order chi connectivity index (χ1) is 10.8. The summed E-state index contributed by atoms with van der Waals surface area (Å²) in [6.45, 7) is -0.526. The summed E-state index contributed by atoms with van der Waals surface area (Å²) in [5.74, 6) is -2.43. The average molecular weight is 422 g/mol. The maximum absolute atomic E-state index is 10.1. The standard InChI is InChI=1S/C12H19Cl3O8.Na.H/c13-1-4-7(17)10(20)12(3-14,22-4)23-11-9(19)8(18)6(15)5(2-16)21-11;;/h4-11,16-20H,1-3H2;;/t4-,5-,6+,7-,8+,9-,10+,11-,12+;;/m1../s1. The third kappa shape index (κ3) is 4.34. The Labute approximate surface area is 175 Å². The van der Waals surface area contributed by atoms with Gasteiger partial charge in [-0.25, -0.2) is 0 Å². The van der Waals surface area contributed by atoms with Gasteiger partial charge in [0.25, 0.3) is 0 Å². The van der Waals surface area contributed by atoms with Crippen LogP contribution in [0.1, 0.15) is 0 Å². The molecule has 0 aromatic carbocycles. The van der Waals surface area contributed by atoms with Crippen LogP contribution in [0.2, 0.25) is 0 Å². The Kier molecular flexibility index (Phi) is 9.49. The van der Waals surface area contributed by atoms with Crippen LogP contribution >= 0.6 is 34.8 Å². The Morgan fingerprint density at radius 1 is 1.00 bits per heavy atom. The van der Waals surface area contributed by atoms with Gasteiger partial charge in [0.15, 0.2) is 6.29 Å². The molecule has 2 heterocycles. The monoisotopic (exact) mass is 420 g/mol.